The summed E-state index contributed by atoms with van der Waals surface area (Å²) in [7, 11) is 0. The summed E-state index contributed by atoms with van der Waals surface area (Å²) in [5.41, 5.74) is 2.25. The van der Waals surface area contributed by atoms with Crippen molar-refractivity contribution in [1.82, 2.24) is 5.43 Å². The Balaban J connectivity index is 2.03. The molecule has 0 heterocycles. The van der Waals surface area contributed by atoms with Gasteiger partial charge >= 0.3 is 23.9 Å². The Morgan fingerprint density at radius 2 is 1.50 bits per heavy atom. The van der Waals surface area contributed by atoms with Crippen LogP contribution in [0.15, 0.2) is 47.6 Å². The molecule has 0 fully saturated rings. The Morgan fingerprint density at radius 3 is 2.03 bits per heavy atom. The lowest BCUT2D eigenvalue weighted by atomic mass is 10.1. The molecule has 34 heavy (non-hydrogen) atoms. The van der Waals surface area contributed by atoms with Crippen molar-refractivity contribution >= 4 is 40.3 Å². The van der Waals surface area contributed by atoms with E-state index in [1.807, 2.05) is 0 Å². The van der Waals surface area contributed by atoms with Gasteiger partial charge in [0.2, 0.25) is 0 Å². The van der Waals surface area contributed by atoms with Crippen LogP contribution in [0.3, 0.4) is 0 Å². The van der Waals surface area contributed by atoms with Crippen LogP contribution in [-0.2, 0) is 4.79 Å². The fourth-order valence-corrected chi connectivity index (χ4v) is 2.42. The van der Waals surface area contributed by atoms with Crippen molar-refractivity contribution in [3.63, 3.8) is 0 Å². The normalized spacial score (nSPS) is 12.8. The molecule has 2 rings (SSSR count). The summed E-state index contributed by atoms with van der Waals surface area (Å²) in [6.45, 7) is 1.44. The number of thiocarbonyl (C=S) groups is 1. The first kappa shape index (κ1) is 26.9. The lowest BCUT2D eigenvalue weighted by Crippen LogP contribution is -2.57. The summed E-state index contributed by atoms with van der Waals surface area (Å²) < 4.78 is 116. The SMILES string of the molecule is CC(=NNC(=S)Nc1ccc(F)cc1F)c1ccc(NC(=O)C(F)(F)C(F)(F)C(F)(F)F)cc1. The monoisotopic (exact) mass is 516 g/mol. The third-order valence-corrected chi connectivity index (χ3v) is 4.29. The molecule has 3 N–H and O–H groups in total. The first-order valence-corrected chi connectivity index (χ1v) is 9.27. The van der Waals surface area contributed by atoms with E-state index in [1.165, 1.54) is 24.4 Å². The van der Waals surface area contributed by atoms with E-state index in [1.54, 1.807) is 0 Å². The number of carbonyl (C=O) groups excluding carboxylic acids is 1. The zero-order valence-corrected chi connectivity index (χ0v) is 17.5. The lowest BCUT2D eigenvalue weighted by molar-refractivity contribution is -0.343. The fourth-order valence-electron chi connectivity index (χ4n) is 2.27. The maximum atomic E-state index is 13.6. The highest BCUT2D eigenvalue weighted by Crippen LogP contribution is 2.46. The van der Waals surface area contributed by atoms with Gasteiger partial charge in [-0.3, -0.25) is 10.2 Å². The smallest absolute Gasteiger partial charge is 0.329 e. The highest BCUT2D eigenvalue weighted by atomic mass is 32.1. The van der Waals surface area contributed by atoms with Crippen molar-refractivity contribution < 1.29 is 44.3 Å². The molecule has 1 amide bonds. The zero-order chi connectivity index (χ0) is 25.9. The highest BCUT2D eigenvalue weighted by Gasteiger charge is 2.76. The van der Waals surface area contributed by atoms with Gasteiger partial charge in [-0.2, -0.15) is 35.8 Å². The van der Waals surface area contributed by atoms with E-state index in [2.05, 4.69) is 15.8 Å². The quantitative estimate of drug-likeness (QED) is 0.207. The molecule has 0 aliphatic heterocycles. The number of hydrogen-bond acceptors (Lipinski definition) is 3. The summed E-state index contributed by atoms with van der Waals surface area (Å²) in [5, 5.41) is 7.40. The van der Waals surface area contributed by atoms with Gasteiger partial charge in [0.05, 0.1) is 11.4 Å². The standard InChI is InChI=1S/C19H13F9N4OS/c1-9(31-32-16(34)30-14-7-4-11(20)8-13(14)21)10-2-5-12(6-3-10)29-15(33)17(22,23)18(24,25)19(26,27)28/h2-8H,1H3,(H,29,33)(H2,30,32,34). The average molecular weight is 516 g/mol. The van der Waals surface area contributed by atoms with Gasteiger partial charge in [0, 0.05) is 11.8 Å². The van der Waals surface area contributed by atoms with Crippen LogP contribution in [0.1, 0.15) is 12.5 Å². The van der Waals surface area contributed by atoms with E-state index in [0.717, 1.165) is 24.3 Å². The highest BCUT2D eigenvalue weighted by molar-refractivity contribution is 7.80. The number of amides is 1. The van der Waals surface area contributed by atoms with Gasteiger partial charge in [-0.25, -0.2) is 8.78 Å². The van der Waals surface area contributed by atoms with Crippen molar-refractivity contribution in [2.75, 3.05) is 10.6 Å². The molecular formula is C19H13F9N4OS. The first-order chi connectivity index (χ1) is 15.6. The van der Waals surface area contributed by atoms with Crippen molar-refractivity contribution in [3.8, 4) is 0 Å². The molecule has 5 nitrogen and oxygen atoms in total. The molecule has 15 heteroatoms. The van der Waals surface area contributed by atoms with Crippen molar-refractivity contribution in [2.45, 2.75) is 24.9 Å². The Morgan fingerprint density at radius 1 is 0.912 bits per heavy atom. The number of hydrazone groups is 1. The molecule has 2 aromatic rings. The van der Waals surface area contributed by atoms with Crippen LogP contribution < -0.4 is 16.1 Å². The second-order valence-corrected chi connectivity index (χ2v) is 6.97. The molecular weight excluding hydrogens is 503 g/mol. The summed E-state index contributed by atoms with van der Waals surface area (Å²) in [4.78, 5) is 11.4. The van der Waals surface area contributed by atoms with Crippen LogP contribution in [-0.4, -0.2) is 34.8 Å². The van der Waals surface area contributed by atoms with E-state index in [9.17, 15) is 44.3 Å². The molecule has 0 saturated carbocycles. The van der Waals surface area contributed by atoms with E-state index >= 15 is 0 Å². The molecule has 0 unspecified atom stereocenters. The maximum absolute atomic E-state index is 13.6. The molecule has 0 spiro atoms. The number of rotatable bonds is 6. The second kappa shape index (κ2) is 9.87. The minimum Gasteiger partial charge on any atom is -0.329 e. The molecule has 0 aliphatic rings. The van der Waals surface area contributed by atoms with Crippen LogP contribution in [0.5, 0.6) is 0 Å². The molecule has 0 aliphatic carbocycles. The van der Waals surface area contributed by atoms with E-state index in [4.69, 9.17) is 12.2 Å². The third kappa shape index (κ3) is 5.95. The van der Waals surface area contributed by atoms with Crippen molar-refractivity contribution in [1.29, 1.82) is 0 Å². The molecule has 0 bridgehead atoms. The first-order valence-electron chi connectivity index (χ1n) is 8.87. The predicted molar refractivity (Wildman–Crippen MR) is 109 cm³/mol. The van der Waals surface area contributed by atoms with Crippen molar-refractivity contribution in [3.05, 3.63) is 59.7 Å². The lowest BCUT2D eigenvalue weighted by Gasteiger charge is -2.27. The molecule has 0 atom stereocenters. The zero-order valence-electron chi connectivity index (χ0n) is 16.7. The van der Waals surface area contributed by atoms with Gasteiger partial charge < -0.3 is 10.6 Å². The van der Waals surface area contributed by atoms with E-state index in [-0.39, 0.29) is 16.5 Å². The Hall–Kier alpha value is -3.36. The second-order valence-electron chi connectivity index (χ2n) is 6.57. The summed E-state index contributed by atoms with van der Waals surface area (Å²) >= 11 is 4.91. The minimum absolute atomic E-state index is 0.139. The minimum atomic E-state index is -6.64. The third-order valence-electron chi connectivity index (χ3n) is 4.10. The molecule has 184 valence electrons. The van der Waals surface area contributed by atoms with E-state index in [0.29, 0.717) is 11.6 Å². The number of hydrogen-bond donors (Lipinski definition) is 3. The Labute approximate surface area is 191 Å². The summed E-state index contributed by atoms with van der Waals surface area (Å²) in [5.74, 6) is -17.2. The topological polar surface area (TPSA) is 65.5 Å². The van der Waals surface area contributed by atoms with Gasteiger partial charge in [0.1, 0.15) is 11.6 Å². The van der Waals surface area contributed by atoms with E-state index < -0.39 is 41.3 Å². The number of nitrogens with one attached hydrogen (secondary N) is 3. The van der Waals surface area contributed by atoms with Crippen LogP contribution in [0.4, 0.5) is 50.9 Å². The van der Waals surface area contributed by atoms with Gasteiger partial charge in [-0.15, -0.1) is 0 Å². The Kier molecular flexibility index (Phi) is 7.80. The fraction of sp³-hybridized carbons (Fsp3) is 0.211. The average Bonchev–Trinajstić information content (AvgIpc) is 2.73. The predicted octanol–water partition coefficient (Wildman–Crippen LogP) is 5.45. The number of nitrogens with zero attached hydrogens (tertiary/aromatic N) is 1. The molecule has 2 aromatic carbocycles. The van der Waals surface area contributed by atoms with Gasteiger partial charge in [0.25, 0.3) is 0 Å². The van der Waals surface area contributed by atoms with Crippen LogP contribution in [0.25, 0.3) is 0 Å². The summed E-state index contributed by atoms with van der Waals surface area (Å²) in [6.07, 6.45) is -6.64. The van der Waals surface area contributed by atoms with Crippen LogP contribution in [0, 0.1) is 11.6 Å². The number of anilines is 2. The van der Waals surface area contributed by atoms with Gasteiger partial charge in [-0.05, 0) is 49.0 Å². The molecule has 0 saturated heterocycles. The molecule has 0 radical (unpaired) electrons. The number of alkyl halides is 7. The number of benzene rings is 2. The largest absolute Gasteiger partial charge is 0.460 e. The van der Waals surface area contributed by atoms with Gasteiger partial charge in [0.15, 0.2) is 5.11 Å². The number of carbonyl (C=O) groups is 1. The molecule has 0 aromatic heterocycles. The Bertz CT molecular complexity index is 1100. The maximum Gasteiger partial charge on any atom is 0.460 e. The summed E-state index contributed by atoms with van der Waals surface area (Å²) in [6, 6.07) is 6.99. The van der Waals surface area contributed by atoms with Gasteiger partial charge in [-0.1, -0.05) is 12.1 Å². The van der Waals surface area contributed by atoms with Crippen molar-refractivity contribution in [2.24, 2.45) is 5.10 Å². The van der Waals surface area contributed by atoms with Crippen LogP contribution >= 0.6 is 12.2 Å². The number of halogens is 9. The van der Waals surface area contributed by atoms with Crippen LogP contribution in [0.2, 0.25) is 0 Å².